The van der Waals surface area contributed by atoms with Crippen molar-refractivity contribution in [3.8, 4) is 0 Å². The SMILES string of the molecule is CCS(=O)(=O)CCCS(=O)CC1(CC(=O)OC)CC1. The Labute approximate surface area is 117 Å². The third-order valence-corrected chi connectivity index (χ3v) is 6.91. The molecule has 0 heterocycles. The summed E-state index contributed by atoms with van der Waals surface area (Å²) in [5.41, 5.74) is -0.151. The zero-order valence-electron chi connectivity index (χ0n) is 11.5. The van der Waals surface area contributed by atoms with Gasteiger partial charge in [0.05, 0.1) is 19.3 Å². The Balaban J connectivity index is 2.30. The molecule has 0 aromatic carbocycles. The Morgan fingerprint density at radius 1 is 1.37 bits per heavy atom. The molecule has 1 aliphatic carbocycles. The molecule has 0 bridgehead atoms. The number of carbonyl (C=O) groups is 1. The molecule has 1 aliphatic rings. The van der Waals surface area contributed by atoms with E-state index in [2.05, 4.69) is 4.74 Å². The van der Waals surface area contributed by atoms with Gasteiger partial charge in [-0.3, -0.25) is 9.00 Å². The first kappa shape index (κ1) is 16.6. The van der Waals surface area contributed by atoms with E-state index in [1.807, 2.05) is 0 Å². The Morgan fingerprint density at radius 3 is 2.47 bits per heavy atom. The third kappa shape index (κ3) is 6.03. The average Bonchev–Trinajstić information content (AvgIpc) is 3.08. The number of hydrogen-bond donors (Lipinski definition) is 0. The maximum atomic E-state index is 11.9. The fraction of sp³-hybridized carbons (Fsp3) is 0.917. The molecule has 112 valence electrons. The van der Waals surface area contributed by atoms with Gasteiger partial charge in [0.1, 0.15) is 9.84 Å². The van der Waals surface area contributed by atoms with Crippen molar-refractivity contribution in [3.05, 3.63) is 0 Å². The highest BCUT2D eigenvalue weighted by Crippen LogP contribution is 2.49. The molecule has 5 nitrogen and oxygen atoms in total. The second kappa shape index (κ2) is 6.83. The van der Waals surface area contributed by atoms with E-state index >= 15 is 0 Å². The summed E-state index contributed by atoms with van der Waals surface area (Å²) in [6.45, 7) is 1.61. The monoisotopic (exact) mass is 310 g/mol. The minimum Gasteiger partial charge on any atom is -0.469 e. The molecule has 1 unspecified atom stereocenters. The minimum absolute atomic E-state index is 0.0965. The van der Waals surface area contributed by atoms with Crippen LogP contribution in [0.1, 0.15) is 32.6 Å². The largest absolute Gasteiger partial charge is 0.469 e. The normalized spacial score (nSPS) is 18.8. The summed E-state index contributed by atoms with van der Waals surface area (Å²) in [6.07, 6.45) is 2.56. The zero-order chi connectivity index (χ0) is 14.5. The molecule has 0 aromatic rings. The molecular weight excluding hydrogens is 288 g/mol. The summed E-state index contributed by atoms with van der Waals surface area (Å²) in [5, 5.41) is 0. The van der Waals surface area contributed by atoms with Gasteiger partial charge in [-0.25, -0.2) is 8.42 Å². The van der Waals surface area contributed by atoms with E-state index in [1.165, 1.54) is 7.11 Å². The van der Waals surface area contributed by atoms with Crippen LogP contribution in [-0.4, -0.2) is 48.7 Å². The lowest BCUT2D eigenvalue weighted by atomic mass is 10.1. The van der Waals surface area contributed by atoms with Crippen molar-refractivity contribution >= 4 is 26.6 Å². The summed E-state index contributed by atoms with van der Waals surface area (Å²) < 4.78 is 39.1. The maximum absolute atomic E-state index is 11.9. The van der Waals surface area contributed by atoms with E-state index in [0.29, 0.717) is 24.3 Å². The molecule has 19 heavy (non-hydrogen) atoms. The van der Waals surface area contributed by atoms with Crippen LogP contribution in [0.5, 0.6) is 0 Å². The van der Waals surface area contributed by atoms with E-state index in [9.17, 15) is 17.4 Å². The lowest BCUT2D eigenvalue weighted by Gasteiger charge is -2.12. The van der Waals surface area contributed by atoms with Crippen molar-refractivity contribution in [1.29, 1.82) is 0 Å². The predicted molar refractivity (Wildman–Crippen MR) is 75.1 cm³/mol. The van der Waals surface area contributed by atoms with E-state index in [0.717, 1.165) is 12.8 Å². The van der Waals surface area contributed by atoms with Crippen molar-refractivity contribution in [1.82, 2.24) is 0 Å². The molecule has 1 fully saturated rings. The Hall–Kier alpha value is -0.430. The molecule has 1 atom stereocenters. The van der Waals surface area contributed by atoms with Gasteiger partial charge in [0.2, 0.25) is 0 Å². The van der Waals surface area contributed by atoms with Crippen LogP contribution >= 0.6 is 0 Å². The van der Waals surface area contributed by atoms with E-state index in [-0.39, 0.29) is 22.9 Å². The number of hydrogen-bond acceptors (Lipinski definition) is 5. The van der Waals surface area contributed by atoms with Crippen molar-refractivity contribution in [2.45, 2.75) is 32.6 Å². The minimum atomic E-state index is -2.97. The second-order valence-electron chi connectivity index (χ2n) is 5.13. The van der Waals surface area contributed by atoms with Crippen LogP contribution in [0.3, 0.4) is 0 Å². The molecule has 0 saturated heterocycles. The van der Waals surface area contributed by atoms with Crippen LogP contribution in [0.4, 0.5) is 0 Å². The fourth-order valence-electron chi connectivity index (χ4n) is 1.93. The molecular formula is C12H22O5S2. The number of esters is 1. The number of ether oxygens (including phenoxy) is 1. The highest BCUT2D eigenvalue weighted by molar-refractivity contribution is 7.91. The van der Waals surface area contributed by atoms with Crippen LogP contribution < -0.4 is 0 Å². The standard InChI is InChI=1S/C12H22O5S2/c1-3-19(15,16)8-4-7-18(14)10-12(5-6-12)9-11(13)17-2/h3-10H2,1-2H3. The molecule has 1 rings (SSSR count). The van der Waals surface area contributed by atoms with Crippen molar-refractivity contribution in [2.75, 3.05) is 30.1 Å². The first-order valence-electron chi connectivity index (χ1n) is 6.45. The van der Waals surface area contributed by atoms with Gasteiger partial charge in [0.25, 0.3) is 0 Å². The lowest BCUT2D eigenvalue weighted by molar-refractivity contribution is -0.141. The zero-order valence-corrected chi connectivity index (χ0v) is 13.1. The first-order chi connectivity index (χ1) is 8.82. The Morgan fingerprint density at radius 2 is 2.00 bits per heavy atom. The number of sulfone groups is 1. The summed E-state index contributed by atoms with van der Waals surface area (Å²) in [4.78, 5) is 11.2. The van der Waals surface area contributed by atoms with Crippen molar-refractivity contribution in [2.24, 2.45) is 5.41 Å². The van der Waals surface area contributed by atoms with Gasteiger partial charge in [-0.1, -0.05) is 6.92 Å². The summed E-state index contributed by atoms with van der Waals surface area (Å²) in [6, 6.07) is 0. The molecule has 0 radical (unpaired) electrons. The van der Waals surface area contributed by atoms with Crippen LogP contribution in [0.2, 0.25) is 0 Å². The number of methoxy groups -OCH3 is 1. The summed E-state index contributed by atoms with van der Waals surface area (Å²) in [5.74, 6) is 0.838. The first-order valence-corrected chi connectivity index (χ1v) is 9.76. The lowest BCUT2D eigenvalue weighted by Crippen LogP contribution is -2.20. The molecule has 0 spiro atoms. The van der Waals surface area contributed by atoms with Gasteiger partial charge in [-0.05, 0) is 24.7 Å². The van der Waals surface area contributed by atoms with Gasteiger partial charge in [0, 0.05) is 28.1 Å². The van der Waals surface area contributed by atoms with Crippen LogP contribution in [0.25, 0.3) is 0 Å². The van der Waals surface area contributed by atoms with Gasteiger partial charge in [0.15, 0.2) is 0 Å². The fourth-order valence-corrected chi connectivity index (χ4v) is 4.67. The van der Waals surface area contributed by atoms with E-state index in [1.54, 1.807) is 6.92 Å². The summed E-state index contributed by atoms with van der Waals surface area (Å²) >= 11 is 0. The van der Waals surface area contributed by atoms with Crippen LogP contribution in [-0.2, 0) is 30.2 Å². The topological polar surface area (TPSA) is 77.5 Å². The molecule has 0 amide bonds. The Kier molecular flexibility index (Phi) is 5.98. The van der Waals surface area contributed by atoms with E-state index < -0.39 is 20.6 Å². The highest BCUT2D eigenvalue weighted by atomic mass is 32.2. The smallest absolute Gasteiger partial charge is 0.306 e. The van der Waals surface area contributed by atoms with Gasteiger partial charge < -0.3 is 4.74 Å². The summed E-state index contributed by atoms with van der Waals surface area (Å²) in [7, 11) is -2.68. The third-order valence-electron chi connectivity index (χ3n) is 3.44. The molecule has 7 heteroatoms. The van der Waals surface area contributed by atoms with Crippen LogP contribution in [0.15, 0.2) is 0 Å². The van der Waals surface area contributed by atoms with Gasteiger partial charge >= 0.3 is 5.97 Å². The molecule has 0 aromatic heterocycles. The van der Waals surface area contributed by atoms with E-state index in [4.69, 9.17) is 0 Å². The Bertz CT molecular complexity index is 437. The molecule has 1 saturated carbocycles. The molecule has 0 N–H and O–H groups in total. The predicted octanol–water partition coefficient (Wildman–Crippen LogP) is 0.903. The second-order valence-corrected chi connectivity index (χ2v) is 9.18. The average molecular weight is 310 g/mol. The number of rotatable bonds is 9. The quantitative estimate of drug-likeness (QED) is 0.591. The van der Waals surface area contributed by atoms with Gasteiger partial charge in [-0.15, -0.1) is 0 Å². The molecule has 0 aliphatic heterocycles. The van der Waals surface area contributed by atoms with Crippen LogP contribution in [0, 0.1) is 5.41 Å². The van der Waals surface area contributed by atoms with Crippen molar-refractivity contribution < 1.29 is 22.2 Å². The van der Waals surface area contributed by atoms with Crippen molar-refractivity contribution in [3.63, 3.8) is 0 Å². The van der Waals surface area contributed by atoms with Gasteiger partial charge in [-0.2, -0.15) is 0 Å². The number of carbonyl (C=O) groups excluding carboxylic acids is 1. The highest BCUT2D eigenvalue weighted by Gasteiger charge is 2.45. The maximum Gasteiger partial charge on any atom is 0.306 e.